The molecule has 3 rings (SSSR count). The number of hydrogen-bond acceptors (Lipinski definition) is 2. The van der Waals surface area contributed by atoms with Gasteiger partial charge in [-0.05, 0) is 18.1 Å². The molecule has 1 heterocycles. The molecule has 1 fully saturated rings. The molecule has 0 bridgehead atoms. The van der Waals surface area contributed by atoms with Crippen molar-refractivity contribution in [3.05, 3.63) is 70.7 Å². The van der Waals surface area contributed by atoms with Crippen LogP contribution in [-0.2, 0) is 14.9 Å². The van der Waals surface area contributed by atoms with Gasteiger partial charge in [-0.3, -0.25) is 4.79 Å². The van der Waals surface area contributed by atoms with Crippen LogP contribution in [-0.4, -0.2) is 5.97 Å². The van der Waals surface area contributed by atoms with Gasteiger partial charge < -0.3 is 4.74 Å². The Labute approximate surface area is 123 Å². The molecule has 0 unspecified atom stereocenters. The van der Waals surface area contributed by atoms with E-state index in [-0.39, 0.29) is 12.1 Å². The number of rotatable bonds is 3. The molecule has 0 aromatic heterocycles. The average Bonchev–Trinajstić information content (AvgIpc) is 2.48. The zero-order chi connectivity index (χ0) is 14.2. The fourth-order valence-electron chi connectivity index (χ4n) is 2.92. The van der Waals surface area contributed by atoms with Gasteiger partial charge >= 0.3 is 5.97 Å². The van der Waals surface area contributed by atoms with Gasteiger partial charge in [0.2, 0.25) is 0 Å². The van der Waals surface area contributed by atoms with Crippen LogP contribution in [0, 0.1) is 0 Å². The Morgan fingerprint density at radius 1 is 1.10 bits per heavy atom. The number of carbonyl (C=O) groups is 1. The lowest BCUT2D eigenvalue weighted by Crippen LogP contribution is -2.54. The second kappa shape index (κ2) is 4.95. The van der Waals surface area contributed by atoms with Gasteiger partial charge in [-0.15, -0.1) is 0 Å². The highest BCUT2D eigenvalue weighted by Crippen LogP contribution is 2.52. The normalized spacial score (nSPS) is 24.9. The summed E-state index contributed by atoms with van der Waals surface area (Å²) in [6.07, 6.45) is 0.377. The molecule has 2 aromatic carbocycles. The fourth-order valence-corrected chi connectivity index (χ4v) is 3.15. The maximum atomic E-state index is 12.2. The SMILES string of the molecule is CC[C@@]1(c2ccccc2)C(=O)O[C@@H]1c1ccccc1Cl. The summed E-state index contributed by atoms with van der Waals surface area (Å²) in [5.41, 5.74) is 1.25. The molecule has 1 aliphatic heterocycles. The molecule has 1 aliphatic rings. The predicted octanol–water partition coefficient (Wildman–Crippen LogP) is 4.29. The summed E-state index contributed by atoms with van der Waals surface area (Å²) in [5, 5.41) is 0.638. The summed E-state index contributed by atoms with van der Waals surface area (Å²) < 4.78 is 5.44. The molecule has 0 amide bonds. The van der Waals surface area contributed by atoms with E-state index < -0.39 is 5.41 Å². The van der Waals surface area contributed by atoms with Crippen molar-refractivity contribution in [3.63, 3.8) is 0 Å². The van der Waals surface area contributed by atoms with Gasteiger partial charge in [-0.25, -0.2) is 0 Å². The van der Waals surface area contributed by atoms with E-state index in [1.165, 1.54) is 0 Å². The van der Waals surface area contributed by atoms with E-state index in [0.29, 0.717) is 11.4 Å². The summed E-state index contributed by atoms with van der Waals surface area (Å²) in [6.45, 7) is 2.01. The monoisotopic (exact) mass is 286 g/mol. The van der Waals surface area contributed by atoms with Gasteiger partial charge in [0.25, 0.3) is 0 Å². The first kappa shape index (κ1) is 13.2. The zero-order valence-electron chi connectivity index (χ0n) is 11.2. The van der Waals surface area contributed by atoms with Crippen LogP contribution in [0.3, 0.4) is 0 Å². The Kier molecular flexibility index (Phi) is 3.27. The molecule has 1 saturated heterocycles. The molecule has 0 saturated carbocycles. The first-order chi connectivity index (χ1) is 9.70. The Hall–Kier alpha value is -1.80. The zero-order valence-corrected chi connectivity index (χ0v) is 11.9. The molecule has 0 aliphatic carbocycles. The highest BCUT2D eigenvalue weighted by Gasteiger charge is 2.58. The molecule has 0 spiro atoms. The molecule has 3 heteroatoms. The minimum absolute atomic E-state index is 0.170. The van der Waals surface area contributed by atoms with E-state index >= 15 is 0 Å². The molecule has 102 valence electrons. The third-order valence-electron chi connectivity index (χ3n) is 4.07. The van der Waals surface area contributed by atoms with Gasteiger partial charge in [0.05, 0.1) is 0 Å². The van der Waals surface area contributed by atoms with Gasteiger partial charge in [0.15, 0.2) is 0 Å². The van der Waals surface area contributed by atoms with Gasteiger partial charge in [0.1, 0.15) is 11.5 Å². The molecule has 2 nitrogen and oxygen atoms in total. The Morgan fingerprint density at radius 2 is 1.75 bits per heavy atom. The van der Waals surface area contributed by atoms with Crippen molar-refractivity contribution in [1.82, 2.24) is 0 Å². The number of halogens is 1. The molecular formula is C17H15ClO2. The van der Waals surface area contributed by atoms with E-state index in [0.717, 1.165) is 11.1 Å². The first-order valence-electron chi connectivity index (χ1n) is 6.71. The van der Waals surface area contributed by atoms with Crippen LogP contribution in [0.1, 0.15) is 30.6 Å². The lowest BCUT2D eigenvalue weighted by molar-refractivity contribution is -0.193. The van der Waals surface area contributed by atoms with E-state index in [9.17, 15) is 4.79 Å². The number of esters is 1. The van der Waals surface area contributed by atoms with Crippen molar-refractivity contribution in [2.75, 3.05) is 0 Å². The van der Waals surface area contributed by atoms with Crippen LogP contribution in [0.25, 0.3) is 0 Å². The standard InChI is InChI=1S/C17H15ClO2/c1-2-17(12-8-4-3-5-9-12)15(20-16(17)19)13-10-6-7-11-14(13)18/h3-11,15H,2H2,1H3/t15-,17+/m1/s1. The third kappa shape index (κ3) is 1.75. The summed E-state index contributed by atoms with van der Waals surface area (Å²) in [5.74, 6) is -0.170. The summed E-state index contributed by atoms with van der Waals surface area (Å²) in [7, 11) is 0. The predicted molar refractivity (Wildman–Crippen MR) is 78.7 cm³/mol. The number of ether oxygens (including phenoxy) is 1. The minimum Gasteiger partial charge on any atom is -0.455 e. The van der Waals surface area contributed by atoms with Crippen LogP contribution in [0.2, 0.25) is 5.02 Å². The van der Waals surface area contributed by atoms with Crippen LogP contribution in [0.4, 0.5) is 0 Å². The summed E-state index contributed by atoms with van der Waals surface area (Å²) in [4.78, 5) is 12.2. The van der Waals surface area contributed by atoms with Crippen LogP contribution in [0.5, 0.6) is 0 Å². The highest BCUT2D eigenvalue weighted by molar-refractivity contribution is 6.31. The maximum absolute atomic E-state index is 12.2. The average molecular weight is 287 g/mol. The number of benzene rings is 2. The van der Waals surface area contributed by atoms with Crippen molar-refractivity contribution in [2.24, 2.45) is 0 Å². The molecule has 0 N–H and O–H groups in total. The fraction of sp³-hybridized carbons (Fsp3) is 0.235. The second-order valence-electron chi connectivity index (χ2n) is 5.00. The molecule has 20 heavy (non-hydrogen) atoms. The number of hydrogen-bond donors (Lipinski definition) is 0. The second-order valence-corrected chi connectivity index (χ2v) is 5.40. The molecule has 2 aromatic rings. The van der Waals surface area contributed by atoms with Crippen LogP contribution >= 0.6 is 11.6 Å². The lowest BCUT2D eigenvalue weighted by atomic mass is 9.67. The van der Waals surface area contributed by atoms with Gasteiger partial charge in [-0.1, -0.05) is 67.1 Å². The van der Waals surface area contributed by atoms with Crippen LogP contribution in [0.15, 0.2) is 54.6 Å². The topological polar surface area (TPSA) is 26.3 Å². The van der Waals surface area contributed by atoms with Crippen molar-refractivity contribution in [2.45, 2.75) is 24.9 Å². The van der Waals surface area contributed by atoms with E-state index in [1.807, 2.05) is 61.5 Å². The first-order valence-corrected chi connectivity index (χ1v) is 7.09. The van der Waals surface area contributed by atoms with E-state index in [1.54, 1.807) is 0 Å². The Bertz CT molecular complexity index is 638. The van der Waals surface area contributed by atoms with Crippen molar-refractivity contribution in [3.8, 4) is 0 Å². The number of carbonyl (C=O) groups excluding carboxylic acids is 1. The van der Waals surface area contributed by atoms with E-state index in [2.05, 4.69) is 0 Å². The Morgan fingerprint density at radius 3 is 2.35 bits per heavy atom. The van der Waals surface area contributed by atoms with E-state index in [4.69, 9.17) is 16.3 Å². The van der Waals surface area contributed by atoms with Crippen LogP contribution < -0.4 is 0 Å². The van der Waals surface area contributed by atoms with Crippen molar-refractivity contribution >= 4 is 17.6 Å². The maximum Gasteiger partial charge on any atom is 0.321 e. The van der Waals surface area contributed by atoms with Gasteiger partial charge in [-0.2, -0.15) is 0 Å². The lowest BCUT2D eigenvalue weighted by Gasteiger charge is -2.47. The smallest absolute Gasteiger partial charge is 0.321 e. The third-order valence-corrected chi connectivity index (χ3v) is 4.42. The molecule has 2 atom stereocenters. The van der Waals surface area contributed by atoms with Crippen molar-refractivity contribution < 1.29 is 9.53 Å². The quantitative estimate of drug-likeness (QED) is 0.787. The van der Waals surface area contributed by atoms with Crippen molar-refractivity contribution in [1.29, 1.82) is 0 Å². The molecular weight excluding hydrogens is 272 g/mol. The van der Waals surface area contributed by atoms with Gasteiger partial charge in [0, 0.05) is 10.6 Å². The minimum atomic E-state index is -0.619. The molecule has 0 radical (unpaired) electrons. The number of cyclic esters (lactones) is 1. The summed E-state index contributed by atoms with van der Waals surface area (Å²) >= 11 is 6.26. The summed E-state index contributed by atoms with van der Waals surface area (Å²) in [6, 6.07) is 17.3. The largest absolute Gasteiger partial charge is 0.455 e. The Balaban J connectivity index is 2.10. The highest BCUT2D eigenvalue weighted by atomic mass is 35.5.